The number of aryl methyl sites for hydroxylation is 1. The summed E-state index contributed by atoms with van der Waals surface area (Å²) in [6, 6.07) is 4.65. The summed E-state index contributed by atoms with van der Waals surface area (Å²) >= 11 is 0. The van der Waals surface area contributed by atoms with Crippen molar-refractivity contribution in [3.05, 3.63) is 52.1 Å². The minimum Gasteiger partial charge on any atom is -0.311 e. The van der Waals surface area contributed by atoms with Crippen LogP contribution in [0.15, 0.2) is 29.1 Å². The van der Waals surface area contributed by atoms with Crippen molar-refractivity contribution >= 4 is 0 Å². The van der Waals surface area contributed by atoms with Gasteiger partial charge in [0.2, 0.25) is 0 Å². The highest BCUT2D eigenvalue weighted by Gasteiger charge is 2.13. The van der Waals surface area contributed by atoms with Crippen LogP contribution in [0.5, 0.6) is 0 Å². The van der Waals surface area contributed by atoms with Gasteiger partial charge in [-0.2, -0.15) is 0 Å². The van der Waals surface area contributed by atoms with Crippen molar-refractivity contribution in [2.75, 3.05) is 0 Å². The number of nitrogens with zero attached hydrogens (tertiary/aromatic N) is 1. The molecule has 1 aromatic carbocycles. The molecule has 1 aromatic heterocycles. The molecule has 94 valence electrons. The van der Waals surface area contributed by atoms with Crippen molar-refractivity contribution in [3.8, 4) is 11.3 Å². The molecular weight excluding hydrogens is 238 g/mol. The predicted molar refractivity (Wildman–Crippen MR) is 64.2 cm³/mol. The summed E-state index contributed by atoms with van der Waals surface area (Å²) in [6.45, 7) is 1.93. The summed E-state index contributed by atoms with van der Waals surface area (Å²) < 4.78 is 27.2. The second-order valence-electron chi connectivity index (χ2n) is 3.92. The van der Waals surface area contributed by atoms with E-state index in [0.29, 0.717) is 12.2 Å². The fourth-order valence-electron chi connectivity index (χ4n) is 1.73. The lowest BCUT2D eigenvalue weighted by Gasteiger charge is -2.05. The van der Waals surface area contributed by atoms with Crippen LogP contribution in [0.4, 0.5) is 8.78 Å². The lowest BCUT2D eigenvalue weighted by atomic mass is 10.1. The summed E-state index contributed by atoms with van der Waals surface area (Å²) in [4.78, 5) is 18.1. The van der Waals surface area contributed by atoms with E-state index in [0.717, 1.165) is 24.6 Å². The van der Waals surface area contributed by atoms with E-state index in [1.165, 1.54) is 6.07 Å². The minimum atomic E-state index is -0.726. The Morgan fingerprint density at radius 3 is 2.56 bits per heavy atom. The van der Waals surface area contributed by atoms with E-state index in [1.807, 2.05) is 6.92 Å². The number of hydrogen-bond donors (Lipinski definition) is 1. The molecule has 0 fully saturated rings. The van der Waals surface area contributed by atoms with E-state index in [9.17, 15) is 13.6 Å². The minimum absolute atomic E-state index is 0.0257. The molecule has 0 saturated heterocycles. The molecule has 0 unspecified atom stereocenters. The van der Waals surface area contributed by atoms with Crippen LogP contribution >= 0.6 is 0 Å². The molecule has 1 heterocycles. The molecule has 3 nitrogen and oxygen atoms in total. The highest BCUT2D eigenvalue weighted by atomic mass is 19.1. The molecule has 18 heavy (non-hydrogen) atoms. The Morgan fingerprint density at radius 2 is 1.94 bits per heavy atom. The zero-order chi connectivity index (χ0) is 13.1. The number of rotatable bonds is 3. The average molecular weight is 250 g/mol. The van der Waals surface area contributed by atoms with Gasteiger partial charge in [-0.05, 0) is 18.6 Å². The van der Waals surface area contributed by atoms with Gasteiger partial charge in [0.1, 0.15) is 17.5 Å². The molecule has 0 aliphatic rings. The summed E-state index contributed by atoms with van der Waals surface area (Å²) in [5.74, 6) is -1.02. The van der Waals surface area contributed by atoms with Gasteiger partial charge in [0.05, 0.1) is 11.3 Å². The molecule has 0 aliphatic heterocycles. The summed E-state index contributed by atoms with van der Waals surface area (Å²) in [6.07, 6.45) is 1.34. The fourth-order valence-corrected chi connectivity index (χ4v) is 1.73. The molecule has 0 saturated carbocycles. The maximum atomic E-state index is 13.6. The standard InChI is InChI=1S/C13H12F2N2O/c1-2-4-11-16-10(7-12(18)17-11)13-8(14)5-3-6-9(13)15/h3,5-7H,2,4H2,1H3,(H,16,17,18). The number of aromatic nitrogens is 2. The van der Waals surface area contributed by atoms with Gasteiger partial charge in [-0.15, -0.1) is 0 Å². The molecular formula is C13H12F2N2O. The van der Waals surface area contributed by atoms with Gasteiger partial charge in [-0.25, -0.2) is 13.8 Å². The van der Waals surface area contributed by atoms with Gasteiger partial charge in [0.15, 0.2) is 0 Å². The van der Waals surface area contributed by atoms with E-state index in [-0.39, 0.29) is 11.3 Å². The third-order valence-corrected chi connectivity index (χ3v) is 2.50. The quantitative estimate of drug-likeness (QED) is 0.910. The van der Waals surface area contributed by atoms with Gasteiger partial charge in [-0.3, -0.25) is 4.79 Å². The largest absolute Gasteiger partial charge is 0.311 e. The second-order valence-corrected chi connectivity index (χ2v) is 3.92. The molecule has 0 amide bonds. The number of nitrogens with one attached hydrogen (secondary N) is 1. The topological polar surface area (TPSA) is 45.8 Å². The lowest BCUT2D eigenvalue weighted by molar-refractivity contribution is 0.588. The Balaban J connectivity index is 2.60. The van der Waals surface area contributed by atoms with Crippen LogP contribution in [-0.4, -0.2) is 9.97 Å². The Bertz CT molecular complexity index is 602. The lowest BCUT2D eigenvalue weighted by Crippen LogP contribution is -2.11. The third-order valence-electron chi connectivity index (χ3n) is 2.50. The predicted octanol–water partition coefficient (Wildman–Crippen LogP) is 2.67. The number of H-pyrrole nitrogens is 1. The normalized spacial score (nSPS) is 10.6. The highest BCUT2D eigenvalue weighted by molar-refractivity contribution is 5.60. The number of benzene rings is 1. The van der Waals surface area contributed by atoms with Gasteiger partial charge in [0.25, 0.3) is 5.56 Å². The summed E-state index contributed by atoms with van der Waals surface area (Å²) in [5, 5.41) is 0. The maximum absolute atomic E-state index is 13.6. The van der Waals surface area contributed by atoms with E-state index < -0.39 is 17.2 Å². The van der Waals surface area contributed by atoms with E-state index in [2.05, 4.69) is 9.97 Å². The Labute approximate surface area is 103 Å². The average Bonchev–Trinajstić information content (AvgIpc) is 2.28. The van der Waals surface area contributed by atoms with Gasteiger partial charge in [0, 0.05) is 12.5 Å². The summed E-state index contributed by atoms with van der Waals surface area (Å²) in [5.41, 5.74) is -0.648. The Kier molecular flexibility index (Phi) is 3.50. The first kappa shape index (κ1) is 12.4. The van der Waals surface area contributed by atoms with Crippen LogP contribution in [0, 0.1) is 11.6 Å². The molecule has 2 rings (SSSR count). The summed E-state index contributed by atoms with van der Waals surface area (Å²) in [7, 11) is 0. The monoisotopic (exact) mass is 250 g/mol. The van der Waals surface area contributed by atoms with Crippen LogP contribution in [-0.2, 0) is 6.42 Å². The zero-order valence-corrected chi connectivity index (χ0v) is 9.84. The molecule has 1 N–H and O–H groups in total. The molecule has 5 heteroatoms. The molecule has 0 atom stereocenters. The maximum Gasteiger partial charge on any atom is 0.251 e. The Hall–Kier alpha value is -2.04. The van der Waals surface area contributed by atoms with Crippen LogP contribution in [0.3, 0.4) is 0 Å². The van der Waals surface area contributed by atoms with E-state index >= 15 is 0 Å². The van der Waals surface area contributed by atoms with Gasteiger partial charge in [-0.1, -0.05) is 13.0 Å². The molecule has 0 aliphatic carbocycles. The smallest absolute Gasteiger partial charge is 0.251 e. The zero-order valence-electron chi connectivity index (χ0n) is 9.84. The first-order valence-corrected chi connectivity index (χ1v) is 5.66. The van der Waals surface area contributed by atoms with Crippen molar-refractivity contribution in [1.82, 2.24) is 9.97 Å². The fraction of sp³-hybridized carbons (Fsp3) is 0.231. The van der Waals surface area contributed by atoms with Crippen LogP contribution < -0.4 is 5.56 Å². The van der Waals surface area contributed by atoms with Crippen molar-refractivity contribution in [2.45, 2.75) is 19.8 Å². The molecule has 2 aromatic rings. The first-order chi connectivity index (χ1) is 8.61. The van der Waals surface area contributed by atoms with Crippen molar-refractivity contribution in [1.29, 1.82) is 0 Å². The number of hydrogen-bond acceptors (Lipinski definition) is 2. The van der Waals surface area contributed by atoms with Crippen molar-refractivity contribution in [2.24, 2.45) is 0 Å². The first-order valence-electron chi connectivity index (χ1n) is 5.66. The van der Waals surface area contributed by atoms with Crippen LogP contribution in [0.1, 0.15) is 19.2 Å². The second kappa shape index (κ2) is 5.08. The van der Waals surface area contributed by atoms with Crippen molar-refractivity contribution in [3.63, 3.8) is 0 Å². The SMILES string of the molecule is CCCc1nc(-c2c(F)cccc2F)cc(=O)[nH]1. The van der Waals surface area contributed by atoms with Crippen LogP contribution in [0.25, 0.3) is 11.3 Å². The van der Waals surface area contributed by atoms with Crippen molar-refractivity contribution < 1.29 is 8.78 Å². The van der Waals surface area contributed by atoms with Gasteiger partial charge >= 0.3 is 0 Å². The van der Waals surface area contributed by atoms with E-state index in [1.54, 1.807) is 0 Å². The highest BCUT2D eigenvalue weighted by Crippen LogP contribution is 2.23. The molecule has 0 radical (unpaired) electrons. The third kappa shape index (κ3) is 2.45. The Morgan fingerprint density at radius 1 is 1.28 bits per heavy atom. The van der Waals surface area contributed by atoms with E-state index in [4.69, 9.17) is 0 Å². The molecule has 0 bridgehead atoms. The number of halogens is 2. The van der Waals surface area contributed by atoms with Gasteiger partial charge < -0.3 is 4.98 Å². The van der Waals surface area contributed by atoms with Crippen LogP contribution in [0.2, 0.25) is 0 Å². The molecule has 0 spiro atoms. The number of aromatic amines is 1.